The van der Waals surface area contributed by atoms with E-state index in [1.54, 1.807) is 0 Å². The molecule has 3 nitrogen and oxygen atoms in total. The van der Waals surface area contributed by atoms with E-state index in [0.29, 0.717) is 5.84 Å². The van der Waals surface area contributed by atoms with Gasteiger partial charge in [-0.1, -0.05) is 0 Å². The van der Waals surface area contributed by atoms with Crippen LogP contribution in [-0.2, 0) is 0 Å². The van der Waals surface area contributed by atoms with Gasteiger partial charge in [-0.15, -0.1) is 0 Å². The molecular formula is C7H11N3. The van der Waals surface area contributed by atoms with Crippen molar-refractivity contribution in [2.24, 2.45) is 0 Å². The zero-order chi connectivity index (χ0) is 7.40. The Labute approximate surface area is 60.8 Å². The maximum absolute atomic E-state index is 8.28. The van der Waals surface area contributed by atoms with Gasteiger partial charge in [-0.2, -0.15) is 5.26 Å². The van der Waals surface area contributed by atoms with E-state index in [2.05, 4.69) is 0 Å². The molecule has 1 aliphatic rings. The maximum atomic E-state index is 8.28. The molecular weight excluding hydrogens is 126 g/mol. The fourth-order valence-electron chi connectivity index (χ4n) is 1.17. The summed E-state index contributed by atoms with van der Waals surface area (Å²) in [5, 5.41) is 15.7. The molecule has 0 aromatic rings. The largest absolute Gasteiger partial charge is 0.360 e. The van der Waals surface area contributed by atoms with Crippen LogP contribution < -0.4 is 0 Å². The third-order valence-electron chi connectivity index (χ3n) is 1.73. The molecule has 1 heterocycles. The summed E-state index contributed by atoms with van der Waals surface area (Å²) in [5.41, 5.74) is 0. The lowest BCUT2D eigenvalue weighted by atomic mass is 10.4. The van der Waals surface area contributed by atoms with E-state index in [9.17, 15) is 0 Å². The highest BCUT2D eigenvalue weighted by Crippen LogP contribution is 2.08. The lowest BCUT2D eigenvalue weighted by Crippen LogP contribution is -2.26. The van der Waals surface area contributed by atoms with Crippen molar-refractivity contribution in [3.05, 3.63) is 0 Å². The minimum absolute atomic E-state index is 0.264. The van der Waals surface area contributed by atoms with Crippen LogP contribution in [0.3, 0.4) is 0 Å². The molecule has 10 heavy (non-hydrogen) atoms. The minimum atomic E-state index is 0.264. The summed E-state index contributed by atoms with van der Waals surface area (Å²) in [6.45, 7) is 1.95. The van der Waals surface area contributed by atoms with Gasteiger partial charge in [-0.3, -0.25) is 5.41 Å². The quantitative estimate of drug-likeness (QED) is 0.432. The highest BCUT2D eigenvalue weighted by Gasteiger charge is 2.13. The number of rotatable bonds is 1. The first-order valence-corrected chi connectivity index (χ1v) is 3.54. The summed E-state index contributed by atoms with van der Waals surface area (Å²) in [6, 6.07) is 1.98. The molecule has 1 N–H and O–H groups in total. The number of nitrogens with one attached hydrogen (secondary N) is 1. The fourth-order valence-corrected chi connectivity index (χ4v) is 1.17. The van der Waals surface area contributed by atoms with E-state index in [0.717, 1.165) is 13.1 Å². The average molecular weight is 137 g/mol. The number of amidine groups is 1. The molecule has 0 unspecified atom stereocenters. The van der Waals surface area contributed by atoms with Crippen LogP contribution in [0.5, 0.6) is 0 Å². The predicted molar refractivity (Wildman–Crippen MR) is 38.8 cm³/mol. The molecule has 54 valence electrons. The van der Waals surface area contributed by atoms with Crippen LogP contribution >= 0.6 is 0 Å². The van der Waals surface area contributed by atoms with Gasteiger partial charge in [0.2, 0.25) is 0 Å². The van der Waals surface area contributed by atoms with Gasteiger partial charge in [0.1, 0.15) is 5.84 Å². The molecule has 0 amide bonds. The van der Waals surface area contributed by atoms with Gasteiger partial charge in [0.05, 0.1) is 12.5 Å². The Morgan fingerprint density at radius 2 is 2.10 bits per heavy atom. The number of hydrogen-bond donors (Lipinski definition) is 1. The van der Waals surface area contributed by atoms with Crippen molar-refractivity contribution in [3.8, 4) is 6.07 Å². The SMILES string of the molecule is N#CCC(=N)N1CCCC1. The Bertz CT molecular complexity index is 162. The van der Waals surface area contributed by atoms with Gasteiger partial charge >= 0.3 is 0 Å². The maximum Gasteiger partial charge on any atom is 0.110 e. The highest BCUT2D eigenvalue weighted by atomic mass is 15.2. The third-order valence-corrected chi connectivity index (χ3v) is 1.73. The van der Waals surface area contributed by atoms with Gasteiger partial charge in [0, 0.05) is 13.1 Å². The minimum Gasteiger partial charge on any atom is -0.360 e. The summed E-state index contributed by atoms with van der Waals surface area (Å²) in [6.07, 6.45) is 2.61. The van der Waals surface area contributed by atoms with Crippen LogP contribution in [0.15, 0.2) is 0 Å². The van der Waals surface area contributed by atoms with E-state index < -0.39 is 0 Å². The van der Waals surface area contributed by atoms with E-state index in [1.807, 2.05) is 11.0 Å². The Hall–Kier alpha value is -1.04. The summed E-state index contributed by atoms with van der Waals surface area (Å²) in [4.78, 5) is 1.98. The zero-order valence-electron chi connectivity index (χ0n) is 5.93. The van der Waals surface area contributed by atoms with Crippen molar-refractivity contribution >= 4 is 5.84 Å². The molecule has 1 aliphatic heterocycles. The van der Waals surface area contributed by atoms with E-state index in [1.165, 1.54) is 12.8 Å². The molecule has 0 aromatic carbocycles. The fraction of sp³-hybridized carbons (Fsp3) is 0.714. The molecule has 0 aliphatic carbocycles. The van der Waals surface area contributed by atoms with Crippen molar-refractivity contribution in [3.63, 3.8) is 0 Å². The third kappa shape index (κ3) is 1.47. The monoisotopic (exact) mass is 137 g/mol. The van der Waals surface area contributed by atoms with E-state index >= 15 is 0 Å². The number of likely N-dealkylation sites (tertiary alicyclic amines) is 1. The van der Waals surface area contributed by atoms with Crippen molar-refractivity contribution in [2.45, 2.75) is 19.3 Å². The molecule has 0 spiro atoms. The summed E-state index contributed by atoms with van der Waals surface area (Å²) in [5.74, 6) is 0.486. The van der Waals surface area contributed by atoms with Gasteiger partial charge in [-0.25, -0.2) is 0 Å². The second-order valence-electron chi connectivity index (χ2n) is 2.48. The first kappa shape index (κ1) is 7.07. The van der Waals surface area contributed by atoms with E-state index in [-0.39, 0.29) is 6.42 Å². The molecule has 3 heteroatoms. The van der Waals surface area contributed by atoms with Crippen LogP contribution in [0.4, 0.5) is 0 Å². The summed E-state index contributed by atoms with van der Waals surface area (Å²) < 4.78 is 0. The second-order valence-corrected chi connectivity index (χ2v) is 2.48. The average Bonchev–Trinajstić information content (AvgIpc) is 2.38. The first-order valence-electron chi connectivity index (χ1n) is 3.54. The lowest BCUT2D eigenvalue weighted by molar-refractivity contribution is 0.508. The van der Waals surface area contributed by atoms with Crippen molar-refractivity contribution in [2.75, 3.05) is 13.1 Å². The Balaban J connectivity index is 2.34. The van der Waals surface area contributed by atoms with E-state index in [4.69, 9.17) is 10.7 Å². The van der Waals surface area contributed by atoms with Crippen LogP contribution in [0.2, 0.25) is 0 Å². The van der Waals surface area contributed by atoms with Crippen LogP contribution in [0.25, 0.3) is 0 Å². The number of nitrogens with zero attached hydrogens (tertiary/aromatic N) is 2. The van der Waals surface area contributed by atoms with Gasteiger partial charge in [0.15, 0.2) is 0 Å². The Kier molecular flexibility index (Phi) is 2.27. The Morgan fingerprint density at radius 1 is 1.50 bits per heavy atom. The molecule has 0 bridgehead atoms. The van der Waals surface area contributed by atoms with Crippen LogP contribution in [-0.4, -0.2) is 23.8 Å². The first-order chi connectivity index (χ1) is 4.84. The predicted octanol–water partition coefficient (Wildman–Crippen LogP) is 0.973. The summed E-state index contributed by atoms with van der Waals surface area (Å²) >= 11 is 0. The zero-order valence-corrected chi connectivity index (χ0v) is 5.93. The van der Waals surface area contributed by atoms with Crippen LogP contribution in [0, 0.1) is 16.7 Å². The molecule has 1 fully saturated rings. The topological polar surface area (TPSA) is 50.9 Å². The summed E-state index contributed by atoms with van der Waals surface area (Å²) in [7, 11) is 0. The molecule has 0 radical (unpaired) electrons. The second kappa shape index (κ2) is 3.21. The molecule has 0 saturated carbocycles. The standard InChI is InChI=1S/C7H11N3/c8-4-3-7(9)10-5-1-2-6-10/h9H,1-3,5-6H2. The normalized spacial score (nSPS) is 16.9. The highest BCUT2D eigenvalue weighted by molar-refractivity contribution is 5.81. The van der Waals surface area contributed by atoms with Crippen molar-refractivity contribution in [1.82, 2.24) is 4.90 Å². The Morgan fingerprint density at radius 3 is 2.60 bits per heavy atom. The molecule has 0 aromatic heterocycles. The van der Waals surface area contributed by atoms with Crippen molar-refractivity contribution < 1.29 is 0 Å². The van der Waals surface area contributed by atoms with Gasteiger partial charge in [0.25, 0.3) is 0 Å². The molecule has 1 rings (SSSR count). The van der Waals surface area contributed by atoms with Crippen molar-refractivity contribution in [1.29, 1.82) is 10.7 Å². The van der Waals surface area contributed by atoms with Gasteiger partial charge < -0.3 is 4.90 Å². The number of hydrogen-bond acceptors (Lipinski definition) is 2. The number of nitriles is 1. The van der Waals surface area contributed by atoms with Gasteiger partial charge in [-0.05, 0) is 12.8 Å². The molecule has 0 atom stereocenters. The molecule has 1 saturated heterocycles. The lowest BCUT2D eigenvalue weighted by Gasteiger charge is -2.15. The van der Waals surface area contributed by atoms with Crippen LogP contribution in [0.1, 0.15) is 19.3 Å². The smallest absolute Gasteiger partial charge is 0.110 e.